The Balaban J connectivity index is 1.56. The second-order valence-electron chi connectivity index (χ2n) is 8.28. The lowest BCUT2D eigenvalue weighted by Crippen LogP contribution is -2.58. The topological polar surface area (TPSA) is 53.5 Å². The quantitative estimate of drug-likeness (QED) is 0.689. The van der Waals surface area contributed by atoms with Gasteiger partial charge >= 0.3 is 6.18 Å². The molecule has 0 N–H and O–H groups in total. The summed E-state index contributed by atoms with van der Waals surface area (Å²) in [5.74, 6) is 0.573. The SMILES string of the molecule is CC1C=Cc2ccc(S(=O)(=O)N3[C@H](C)CN(c4ccc(C(F)(F)F)cn4)C[C@@H]3C)cc21. The van der Waals surface area contributed by atoms with Crippen LogP contribution in [0.3, 0.4) is 0 Å². The number of halogens is 3. The van der Waals surface area contributed by atoms with Crippen molar-refractivity contribution in [2.75, 3.05) is 18.0 Å². The van der Waals surface area contributed by atoms with Crippen molar-refractivity contribution in [3.63, 3.8) is 0 Å². The van der Waals surface area contributed by atoms with Crippen LogP contribution in [0.2, 0.25) is 0 Å². The summed E-state index contributed by atoms with van der Waals surface area (Å²) in [7, 11) is -3.73. The van der Waals surface area contributed by atoms with Crippen molar-refractivity contribution >= 4 is 21.9 Å². The van der Waals surface area contributed by atoms with Gasteiger partial charge in [0.15, 0.2) is 0 Å². The number of fused-ring (bicyclic) bond motifs is 1. The van der Waals surface area contributed by atoms with Crippen molar-refractivity contribution in [2.45, 2.75) is 49.8 Å². The zero-order chi connectivity index (χ0) is 22.6. The normalized spacial score (nSPS) is 24.5. The van der Waals surface area contributed by atoms with Crippen molar-refractivity contribution in [3.05, 3.63) is 59.3 Å². The Morgan fingerprint density at radius 3 is 2.29 bits per heavy atom. The average molecular weight is 452 g/mol. The van der Waals surface area contributed by atoms with Crippen molar-refractivity contribution in [2.24, 2.45) is 0 Å². The lowest BCUT2D eigenvalue weighted by Gasteiger charge is -2.43. The summed E-state index contributed by atoms with van der Waals surface area (Å²) < 4.78 is 66.8. The van der Waals surface area contributed by atoms with E-state index in [2.05, 4.69) is 4.98 Å². The maximum atomic E-state index is 13.5. The predicted octanol–water partition coefficient (Wildman–Crippen LogP) is 4.52. The largest absolute Gasteiger partial charge is 0.417 e. The van der Waals surface area contributed by atoms with Crippen LogP contribution in [0.4, 0.5) is 19.0 Å². The third-order valence-corrected chi connectivity index (χ3v) is 8.05. The van der Waals surface area contributed by atoms with Gasteiger partial charge in [-0.1, -0.05) is 25.1 Å². The van der Waals surface area contributed by atoms with E-state index in [1.165, 1.54) is 10.4 Å². The van der Waals surface area contributed by atoms with Gasteiger partial charge in [-0.3, -0.25) is 0 Å². The van der Waals surface area contributed by atoms with Crippen LogP contribution in [0.15, 0.2) is 47.5 Å². The lowest BCUT2D eigenvalue weighted by atomic mass is 10.0. The van der Waals surface area contributed by atoms with Gasteiger partial charge in [0.2, 0.25) is 10.0 Å². The molecule has 0 amide bonds. The Kier molecular flexibility index (Phi) is 5.37. The van der Waals surface area contributed by atoms with E-state index < -0.39 is 21.8 Å². The number of hydrogen-bond acceptors (Lipinski definition) is 4. The summed E-state index contributed by atoms with van der Waals surface area (Å²) in [5.41, 5.74) is 1.22. The standard InChI is InChI=1S/C22H24F3N3O2S/c1-14-4-5-17-6-8-19(10-20(14)17)31(29,30)28-15(2)12-27(13-16(28)3)21-9-7-18(11-26-21)22(23,24)25/h4-11,14-16H,12-13H2,1-3H3/t14?,15-,16+. The average Bonchev–Trinajstić information content (AvgIpc) is 3.07. The molecule has 1 saturated heterocycles. The third kappa shape index (κ3) is 3.96. The number of sulfonamides is 1. The fourth-order valence-corrected chi connectivity index (χ4v) is 6.28. The Bertz CT molecular complexity index is 1100. The lowest BCUT2D eigenvalue weighted by molar-refractivity contribution is -0.137. The fraction of sp³-hybridized carbons (Fsp3) is 0.409. The summed E-state index contributed by atoms with van der Waals surface area (Å²) in [5, 5.41) is 0. The second kappa shape index (κ2) is 7.63. The molecule has 2 heterocycles. The molecule has 166 valence electrons. The molecule has 3 atom stereocenters. The van der Waals surface area contributed by atoms with Crippen LogP contribution in [0.25, 0.3) is 6.08 Å². The molecule has 1 aliphatic heterocycles. The van der Waals surface area contributed by atoms with E-state index in [9.17, 15) is 21.6 Å². The number of pyridine rings is 1. The molecule has 31 heavy (non-hydrogen) atoms. The van der Waals surface area contributed by atoms with Gasteiger partial charge in [-0.25, -0.2) is 13.4 Å². The maximum absolute atomic E-state index is 13.5. The number of nitrogens with zero attached hydrogens (tertiary/aromatic N) is 3. The van der Waals surface area contributed by atoms with E-state index in [0.29, 0.717) is 18.9 Å². The van der Waals surface area contributed by atoms with E-state index in [0.717, 1.165) is 23.4 Å². The molecule has 1 aliphatic carbocycles. The first-order valence-corrected chi connectivity index (χ1v) is 11.6. The highest BCUT2D eigenvalue weighted by Gasteiger charge is 2.39. The number of hydrogen-bond donors (Lipinski definition) is 0. The van der Waals surface area contributed by atoms with E-state index in [1.807, 2.05) is 43.9 Å². The third-order valence-electron chi connectivity index (χ3n) is 5.93. The Morgan fingerprint density at radius 1 is 1.03 bits per heavy atom. The van der Waals surface area contributed by atoms with Gasteiger partial charge in [0, 0.05) is 31.4 Å². The molecule has 2 aliphatic rings. The van der Waals surface area contributed by atoms with E-state index >= 15 is 0 Å². The van der Waals surface area contributed by atoms with Gasteiger partial charge in [0.25, 0.3) is 0 Å². The zero-order valence-corrected chi connectivity index (χ0v) is 18.3. The van der Waals surface area contributed by atoms with Crippen LogP contribution in [0.1, 0.15) is 43.4 Å². The number of alkyl halides is 3. The number of piperazine rings is 1. The second-order valence-corrected chi connectivity index (χ2v) is 10.1. The first-order valence-electron chi connectivity index (χ1n) is 10.1. The molecule has 5 nitrogen and oxygen atoms in total. The molecule has 0 saturated carbocycles. The molecule has 0 bridgehead atoms. The molecule has 1 unspecified atom stereocenters. The van der Waals surface area contributed by atoms with Gasteiger partial charge in [0.1, 0.15) is 5.82 Å². The molecular weight excluding hydrogens is 427 g/mol. The molecule has 1 aromatic heterocycles. The van der Waals surface area contributed by atoms with Gasteiger partial charge in [0.05, 0.1) is 10.5 Å². The highest BCUT2D eigenvalue weighted by molar-refractivity contribution is 7.89. The Labute approximate surface area is 180 Å². The zero-order valence-electron chi connectivity index (χ0n) is 17.5. The van der Waals surface area contributed by atoms with Crippen molar-refractivity contribution in [1.29, 1.82) is 0 Å². The van der Waals surface area contributed by atoms with Crippen molar-refractivity contribution in [1.82, 2.24) is 9.29 Å². The molecule has 1 fully saturated rings. The molecule has 2 aromatic rings. The minimum atomic E-state index is -4.44. The van der Waals surface area contributed by atoms with Gasteiger partial charge in [-0.15, -0.1) is 0 Å². The molecule has 0 radical (unpaired) electrons. The summed E-state index contributed by atoms with van der Waals surface area (Å²) in [6.45, 7) is 6.32. The summed E-state index contributed by atoms with van der Waals surface area (Å²) in [4.78, 5) is 6.06. The van der Waals surface area contributed by atoms with Crippen LogP contribution in [-0.4, -0.2) is 42.9 Å². The summed E-state index contributed by atoms with van der Waals surface area (Å²) in [6, 6.07) is 6.81. The first kappa shape index (κ1) is 21.8. The van der Waals surface area contributed by atoms with E-state index in [1.54, 1.807) is 12.1 Å². The number of anilines is 1. The number of benzene rings is 1. The number of rotatable bonds is 3. The smallest absolute Gasteiger partial charge is 0.353 e. The molecular formula is C22H24F3N3O2S. The fourth-order valence-electron chi connectivity index (χ4n) is 4.44. The van der Waals surface area contributed by atoms with Crippen LogP contribution < -0.4 is 4.90 Å². The number of aromatic nitrogens is 1. The highest BCUT2D eigenvalue weighted by atomic mass is 32.2. The van der Waals surface area contributed by atoms with E-state index in [4.69, 9.17) is 0 Å². The highest BCUT2D eigenvalue weighted by Crippen LogP contribution is 2.34. The van der Waals surface area contributed by atoms with Gasteiger partial charge in [-0.05, 0) is 55.2 Å². The monoisotopic (exact) mass is 451 g/mol. The van der Waals surface area contributed by atoms with Crippen LogP contribution >= 0.6 is 0 Å². The van der Waals surface area contributed by atoms with Gasteiger partial charge < -0.3 is 4.90 Å². The molecule has 9 heteroatoms. The Hall–Kier alpha value is -2.39. The minimum Gasteiger partial charge on any atom is -0.353 e. The minimum absolute atomic E-state index is 0.169. The molecule has 4 rings (SSSR count). The van der Waals surface area contributed by atoms with Crippen LogP contribution in [0, 0.1) is 0 Å². The predicted molar refractivity (Wildman–Crippen MR) is 113 cm³/mol. The maximum Gasteiger partial charge on any atom is 0.417 e. The van der Waals surface area contributed by atoms with Crippen LogP contribution in [0.5, 0.6) is 0 Å². The summed E-state index contributed by atoms with van der Waals surface area (Å²) in [6.07, 6.45) is 0.412. The molecule has 0 spiro atoms. The van der Waals surface area contributed by atoms with Crippen molar-refractivity contribution in [3.8, 4) is 0 Å². The number of allylic oxidation sites excluding steroid dienone is 1. The first-order chi connectivity index (χ1) is 14.5. The van der Waals surface area contributed by atoms with Gasteiger partial charge in [-0.2, -0.15) is 17.5 Å². The summed E-state index contributed by atoms with van der Waals surface area (Å²) >= 11 is 0. The molecule has 1 aromatic carbocycles. The van der Waals surface area contributed by atoms with E-state index in [-0.39, 0.29) is 22.9 Å². The Morgan fingerprint density at radius 2 is 1.71 bits per heavy atom. The van der Waals surface area contributed by atoms with Crippen molar-refractivity contribution < 1.29 is 21.6 Å². The van der Waals surface area contributed by atoms with Crippen LogP contribution in [-0.2, 0) is 16.2 Å².